The third kappa shape index (κ3) is 12.0. The number of hydrogen-bond donors (Lipinski definition) is 1. The number of carbonyl (C=O) groups is 1. The van der Waals surface area contributed by atoms with Crippen molar-refractivity contribution in [3.05, 3.63) is 29.8 Å². The van der Waals surface area contributed by atoms with E-state index in [2.05, 4.69) is 11.8 Å². The average molecular weight is 432 g/mol. The zero-order chi connectivity index (χ0) is 23.5. The van der Waals surface area contributed by atoms with E-state index in [1.54, 1.807) is 12.1 Å². The van der Waals surface area contributed by atoms with Gasteiger partial charge in [0.05, 0.1) is 16.6 Å². The van der Waals surface area contributed by atoms with Gasteiger partial charge < -0.3 is 10.0 Å². The van der Waals surface area contributed by atoms with Gasteiger partial charge in [-0.3, -0.25) is 4.79 Å². The molecule has 1 aliphatic heterocycles. The Morgan fingerprint density at radius 3 is 1.69 bits per heavy atom. The highest BCUT2D eigenvalue weighted by atomic mass is 32.2. The van der Waals surface area contributed by atoms with E-state index >= 15 is 0 Å². The zero-order valence-electron chi connectivity index (χ0n) is 20.2. The minimum atomic E-state index is -3.31. The molecule has 1 aliphatic rings. The van der Waals surface area contributed by atoms with Crippen LogP contribution in [0.3, 0.4) is 0 Å². The first kappa shape index (κ1) is 32.3. The lowest BCUT2D eigenvalue weighted by molar-refractivity contribution is -0.136. The van der Waals surface area contributed by atoms with Crippen molar-refractivity contribution in [3.63, 3.8) is 0 Å². The van der Waals surface area contributed by atoms with Crippen molar-refractivity contribution >= 4 is 15.8 Å². The average Bonchev–Trinajstić information content (AvgIpc) is 2.79. The van der Waals surface area contributed by atoms with E-state index in [0.717, 1.165) is 19.6 Å². The molecule has 0 aromatic heterocycles. The first-order valence-corrected chi connectivity index (χ1v) is 12.7. The number of sulfone groups is 1. The Bertz CT molecular complexity index is 590. The lowest BCUT2D eigenvalue weighted by Crippen LogP contribution is -2.39. The van der Waals surface area contributed by atoms with Crippen LogP contribution in [0.1, 0.15) is 80.7 Å². The van der Waals surface area contributed by atoms with Crippen LogP contribution in [-0.2, 0) is 21.1 Å². The Balaban J connectivity index is -0.000000754. The summed E-state index contributed by atoms with van der Waals surface area (Å²) in [5.74, 6) is -0.919. The normalized spacial score (nSPS) is 13.7. The van der Waals surface area contributed by atoms with Gasteiger partial charge in [0.15, 0.2) is 9.84 Å². The Morgan fingerprint density at radius 1 is 0.931 bits per heavy atom. The van der Waals surface area contributed by atoms with E-state index in [0.29, 0.717) is 23.3 Å². The molecule has 1 heterocycles. The predicted molar refractivity (Wildman–Crippen MR) is 125 cm³/mol. The van der Waals surface area contributed by atoms with Crippen LogP contribution in [-0.4, -0.2) is 49.3 Å². The number of aliphatic carboxylic acids is 1. The molecule has 1 aromatic carbocycles. The van der Waals surface area contributed by atoms with Crippen molar-refractivity contribution in [2.45, 2.75) is 91.7 Å². The first-order valence-electron chi connectivity index (χ1n) is 11.2. The molecule has 0 bridgehead atoms. The van der Waals surface area contributed by atoms with Crippen molar-refractivity contribution < 1.29 is 18.3 Å². The van der Waals surface area contributed by atoms with Gasteiger partial charge in [0, 0.05) is 0 Å². The highest BCUT2D eigenvalue weighted by Gasteiger charge is 2.30. The number of carboxylic acid groups (broad SMARTS) is 1. The van der Waals surface area contributed by atoms with Gasteiger partial charge >= 0.3 is 5.97 Å². The molecule has 172 valence electrons. The Kier molecular flexibility index (Phi) is 22.1. The molecule has 0 radical (unpaired) electrons. The molecule has 0 aliphatic carbocycles. The zero-order valence-corrected chi connectivity index (χ0v) is 21.0. The molecule has 0 spiro atoms. The van der Waals surface area contributed by atoms with Gasteiger partial charge in [0.25, 0.3) is 0 Å². The summed E-state index contributed by atoms with van der Waals surface area (Å²) in [6, 6.07) is 6.23. The van der Waals surface area contributed by atoms with Crippen molar-refractivity contribution in [1.29, 1.82) is 0 Å². The summed E-state index contributed by atoms with van der Waals surface area (Å²) in [6.45, 7) is 20.7. The maximum absolute atomic E-state index is 12.6. The summed E-state index contributed by atoms with van der Waals surface area (Å²) in [5, 5.41) is 8.40. The number of likely N-dealkylation sites (tertiary alicyclic amines) is 1. The van der Waals surface area contributed by atoms with Crippen molar-refractivity contribution in [2.75, 3.05) is 19.6 Å². The Hall–Kier alpha value is -1.40. The molecule has 1 aromatic rings. The standard InChI is InChI=1S/C15H21NO4S.4C2H6/c1-2-16-9-7-14(8-10-16)21(19,20)13-5-3-12(4-6-13)11-15(17)18;4*1-2/h3-6,14H,2,7-11H2,1H3,(H,17,18);4*1-2H3. The largest absolute Gasteiger partial charge is 0.481 e. The van der Waals surface area contributed by atoms with Gasteiger partial charge in [0.1, 0.15) is 0 Å². The van der Waals surface area contributed by atoms with Gasteiger partial charge in [0.2, 0.25) is 0 Å². The van der Waals surface area contributed by atoms with Crippen LogP contribution in [0, 0.1) is 0 Å². The van der Waals surface area contributed by atoms with E-state index < -0.39 is 15.8 Å². The van der Waals surface area contributed by atoms with Crippen LogP contribution in [0.15, 0.2) is 29.2 Å². The van der Waals surface area contributed by atoms with E-state index in [4.69, 9.17) is 5.11 Å². The molecule has 1 saturated heterocycles. The van der Waals surface area contributed by atoms with E-state index in [-0.39, 0.29) is 11.7 Å². The smallest absolute Gasteiger partial charge is 0.307 e. The highest BCUT2D eigenvalue weighted by molar-refractivity contribution is 7.92. The van der Waals surface area contributed by atoms with Gasteiger partial charge in [-0.1, -0.05) is 74.4 Å². The summed E-state index contributed by atoms with van der Waals surface area (Å²) in [5.41, 5.74) is 0.613. The maximum Gasteiger partial charge on any atom is 0.307 e. The molecule has 0 unspecified atom stereocenters. The Labute approximate surface area is 180 Å². The fourth-order valence-electron chi connectivity index (χ4n) is 2.70. The number of benzene rings is 1. The van der Waals surface area contributed by atoms with Gasteiger partial charge in [-0.2, -0.15) is 0 Å². The quantitative estimate of drug-likeness (QED) is 0.649. The van der Waals surface area contributed by atoms with Gasteiger partial charge in [-0.05, 0) is 50.2 Å². The summed E-state index contributed by atoms with van der Waals surface area (Å²) in [6.07, 6.45) is 1.23. The number of hydrogen-bond acceptors (Lipinski definition) is 4. The molecule has 0 saturated carbocycles. The second kappa shape index (κ2) is 19.9. The topological polar surface area (TPSA) is 74.7 Å². The van der Waals surface area contributed by atoms with Crippen LogP contribution in [0.4, 0.5) is 0 Å². The van der Waals surface area contributed by atoms with E-state index in [1.807, 2.05) is 55.4 Å². The molecular formula is C23H45NO4S. The number of nitrogens with zero attached hydrogens (tertiary/aromatic N) is 1. The van der Waals surface area contributed by atoms with Gasteiger partial charge in [-0.15, -0.1) is 0 Å². The van der Waals surface area contributed by atoms with Crippen LogP contribution < -0.4 is 0 Å². The fraction of sp³-hybridized carbons (Fsp3) is 0.696. The van der Waals surface area contributed by atoms with Crippen LogP contribution in [0.5, 0.6) is 0 Å². The summed E-state index contributed by atoms with van der Waals surface area (Å²) < 4.78 is 25.2. The number of carboxylic acids is 1. The molecule has 6 heteroatoms. The monoisotopic (exact) mass is 431 g/mol. The van der Waals surface area contributed by atoms with Gasteiger partial charge in [-0.25, -0.2) is 8.42 Å². The molecule has 0 atom stereocenters. The first-order chi connectivity index (χ1) is 13.9. The van der Waals surface area contributed by atoms with E-state index in [9.17, 15) is 13.2 Å². The van der Waals surface area contributed by atoms with E-state index in [1.165, 1.54) is 12.1 Å². The highest BCUT2D eigenvalue weighted by Crippen LogP contribution is 2.24. The molecule has 29 heavy (non-hydrogen) atoms. The predicted octanol–water partition coefficient (Wildman–Crippen LogP) is 5.68. The second-order valence-corrected chi connectivity index (χ2v) is 7.62. The molecule has 1 fully saturated rings. The van der Waals surface area contributed by atoms with Crippen molar-refractivity contribution in [3.8, 4) is 0 Å². The minimum Gasteiger partial charge on any atom is -0.481 e. The summed E-state index contributed by atoms with van der Waals surface area (Å²) in [7, 11) is -3.31. The van der Waals surface area contributed by atoms with Crippen molar-refractivity contribution in [2.24, 2.45) is 0 Å². The van der Waals surface area contributed by atoms with Crippen LogP contribution in [0.2, 0.25) is 0 Å². The lowest BCUT2D eigenvalue weighted by atomic mass is 10.1. The van der Waals surface area contributed by atoms with Crippen molar-refractivity contribution in [1.82, 2.24) is 4.90 Å². The minimum absolute atomic E-state index is 0.0881. The molecule has 0 amide bonds. The third-order valence-electron chi connectivity index (χ3n) is 4.03. The van der Waals surface area contributed by atoms with Crippen LogP contribution in [0.25, 0.3) is 0 Å². The third-order valence-corrected chi connectivity index (χ3v) is 6.31. The summed E-state index contributed by atoms with van der Waals surface area (Å²) in [4.78, 5) is 13.2. The molecule has 5 nitrogen and oxygen atoms in total. The van der Waals surface area contributed by atoms with Crippen LogP contribution >= 0.6 is 0 Å². The SMILES string of the molecule is CC.CC.CC.CC.CCN1CCC(S(=O)(=O)c2ccc(CC(=O)O)cc2)CC1. The molecular weight excluding hydrogens is 386 g/mol. The molecule has 1 N–H and O–H groups in total. The lowest BCUT2D eigenvalue weighted by Gasteiger charge is -2.30. The number of piperidine rings is 1. The second-order valence-electron chi connectivity index (χ2n) is 5.39. The summed E-state index contributed by atoms with van der Waals surface area (Å²) >= 11 is 0. The fourth-order valence-corrected chi connectivity index (χ4v) is 4.43. The molecule has 2 rings (SSSR count). The Morgan fingerprint density at radius 2 is 1.34 bits per heavy atom. The number of rotatable bonds is 5. The maximum atomic E-state index is 12.6.